The Bertz CT molecular complexity index is 237. The van der Waals surface area contributed by atoms with E-state index in [4.69, 9.17) is 0 Å². The van der Waals surface area contributed by atoms with Gasteiger partial charge in [0.1, 0.15) is 0 Å². The topological polar surface area (TPSA) is 43.1 Å². The zero-order valence-corrected chi connectivity index (χ0v) is 7.16. The third-order valence-corrected chi connectivity index (χ3v) is 1.04. The molecule has 2 nitrogen and oxygen atoms in total. The molecular formula is C10H13NO. The van der Waals surface area contributed by atoms with Crippen LogP contribution in [0.4, 0.5) is 0 Å². The summed E-state index contributed by atoms with van der Waals surface area (Å²) >= 11 is 0. The molecule has 64 valence electrons. The van der Waals surface area contributed by atoms with Gasteiger partial charge in [0, 0.05) is 6.92 Å². The van der Waals surface area contributed by atoms with Gasteiger partial charge in [0.15, 0.2) is 0 Å². The van der Waals surface area contributed by atoms with Crippen molar-refractivity contribution in [2.75, 3.05) is 0 Å². The minimum absolute atomic E-state index is 0.333. The van der Waals surface area contributed by atoms with Crippen LogP contribution in [0, 0.1) is 0 Å². The zero-order chi connectivity index (χ0) is 9.40. The van der Waals surface area contributed by atoms with Gasteiger partial charge < -0.3 is 5.73 Å². The fourth-order valence-electron chi connectivity index (χ4n) is 0.589. The summed E-state index contributed by atoms with van der Waals surface area (Å²) in [6.45, 7) is 4.94. The third kappa shape index (κ3) is 6.55. The Morgan fingerprint density at radius 2 is 1.83 bits per heavy atom. The molecule has 0 unspecified atom stereocenters. The van der Waals surface area contributed by atoms with Gasteiger partial charge in [0.2, 0.25) is 5.91 Å². The van der Waals surface area contributed by atoms with Crippen LogP contribution in [0.5, 0.6) is 0 Å². The van der Waals surface area contributed by atoms with Gasteiger partial charge in [-0.2, -0.15) is 0 Å². The van der Waals surface area contributed by atoms with Crippen molar-refractivity contribution >= 4 is 12.0 Å². The van der Waals surface area contributed by atoms with Crippen LogP contribution in [0.25, 0.3) is 6.08 Å². The number of rotatable bonds is 1. The van der Waals surface area contributed by atoms with Crippen LogP contribution in [-0.2, 0) is 4.79 Å². The fraction of sp³-hybridized carbons (Fsp3) is 0.100. The molecule has 2 heteroatoms. The number of carbonyl (C=O) groups excluding carboxylic acids is 1. The van der Waals surface area contributed by atoms with Gasteiger partial charge in [-0.05, 0) is 5.56 Å². The number of primary amides is 1. The third-order valence-electron chi connectivity index (χ3n) is 1.04. The highest BCUT2D eigenvalue weighted by atomic mass is 16.1. The monoisotopic (exact) mass is 163 g/mol. The lowest BCUT2D eigenvalue weighted by atomic mass is 10.2. The van der Waals surface area contributed by atoms with Crippen molar-refractivity contribution in [3.63, 3.8) is 0 Å². The first kappa shape index (κ1) is 10.4. The number of amides is 1. The summed E-state index contributed by atoms with van der Waals surface area (Å²) in [5, 5.41) is 0. The Labute approximate surface area is 72.7 Å². The van der Waals surface area contributed by atoms with E-state index in [2.05, 4.69) is 12.3 Å². The van der Waals surface area contributed by atoms with Gasteiger partial charge in [-0.25, -0.2) is 0 Å². The van der Waals surface area contributed by atoms with Crippen molar-refractivity contribution in [1.29, 1.82) is 0 Å². The maximum atomic E-state index is 9.22. The fourth-order valence-corrected chi connectivity index (χ4v) is 0.589. The minimum Gasteiger partial charge on any atom is -0.370 e. The first-order chi connectivity index (χ1) is 5.66. The molecule has 1 amide bonds. The molecule has 0 spiro atoms. The molecule has 1 aromatic rings. The lowest BCUT2D eigenvalue weighted by Crippen LogP contribution is -2.01. The molecule has 0 aliphatic carbocycles. The van der Waals surface area contributed by atoms with Gasteiger partial charge >= 0.3 is 0 Å². The Morgan fingerprint density at radius 1 is 1.42 bits per heavy atom. The first-order valence-corrected chi connectivity index (χ1v) is 3.60. The average Bonchev–Trinajstić information content (AvgIpc) is 2.05. The van der Waals surface area contributed by atoms with Crippen LogP contribution >= 0.6 is 0 Å². The molecule has 1 aromatic carbocycles. The molecule has 0 aliphatic rings. The quantitative estimate of drug-likeness (QED) is 0.674. The highest BCUT2D eigenvalue weighted by Crippen LogP contribution is 1.97. The Hall–Kier alpha value is -1.57. The summed E-state index contributed by atoms with van der Waals surface area (Å²) in [5.74, 6) is -0.333. The Morgan fingerprint density at radius 3 is 2.08 bits per heavy atom. The molecule has 0 saturated carbocycles. The van der Waals surface area contributed by atoms with Crippen LogP contribution in [0.15, 0.2) is 36.9 Å². The molecule has 0 radical (unpaired) electrons. The highest BCUT2D eigenvalue weighted by molar-refractivity contribution is 5.70. The predicted molar refractivity (Wildman–Crippen MR) is 51.4 cm³/mol. The normalized spacial score (nSPS) is 7.75. The second-order valence-electron chi connectivity index (χ2n) is 2.23. The standard InChI is InChI=1S/C8H8.C2H5NO/c1-2-8-6-4-3-5-7-8;1-2(3)4/h2-7H,1H2;1H3,(H2,3,4). The van der Waals surface area contributed by atoms with Crippen molar-refractivity contribution in [3.8, 4) is 0 Å². The van der Waals surface area contributed by atoms with Crippen molar-refractivity contribution < 1.29 is 4.79 Å². The molecular weight excluding hydrogens is 150 g/mol. The maximum Gasteiger partial charge on any atom is 0.214 e. The Balaban J connectivity index is 0.000000261. The maximum absolute atomic E-state index is 9.22. The predicted octanol–water partition coefficient (Wildman–Crippen LogP) is 1.82. The van der Waals surface area contributed by atoms with E-state index in [1.165, 1.54) is 12.5 Å². The van der Waals surface area contributed by atoms with E-state index < -0.39 is 0 Å². The molecule has 0 aliphatic heterocycles. The van der Waals surface area contributed by atoms with Gasteiger partial charge in [-0.15, -0.1) is 0 Å². The van der Waals surface area contributed by atoms with Crippen LogP contribution in [0.3, 0.4) is 0 Å². The second-order valence-corrected chi connectivity index (χ2v) is 2.23. The van der Waals surface area contributed by atoms with Crippen molar-refractivity contribution in [1.82, 2.24) is 0 Å². The summed E-state index contributed by atoms with van der Waals surface area (Å²) < 4.78 is 0. The molecule has 12 heavy (non-hydrogen) atoms. The van der Waals surface area contributed by atoms with Crippen LogP contribution in [0.1, 0.15) is 12.5 Å². The summed E-state index contributed by atoms with van der Waals surface area (Å²) in [4.78, 5) is 9.22. The van der Waals surface area contributed by atoms with Crippen molar-refractivity contribution in [2.45, 2.75) is 6.92 Å². The zero-order valence-electron chi connectivity index (χ0n) is 7.16. The van der Waals surface area contributed by atoms with E-state index >= 15 is 0 Å². The number of nitrogens with two attached hydrogens (primary N) is 1. The second kappa shape index (κ2) is 6.16. The molecule has 0 saturated heterocycles. The summed E-state index contributed by atoms with van der Waals surface area (Å²) in [6, 6.07) is 10.0. The summed E-state index contributed by atoms with van der Waals surface area (Å²) in [7, 11) is 0. The van der Waals surface area contributed by atoms with E-state index in [0.717, 1.165) is 0 Å². The van der Waals surface area contributed by atoms with Gasteiger partial charge in [0.25, 0.3) is 0 Å². The summed E-state index contributed by atoms with van der Waals surface area (Å²) in [6.07, 6.45) is 1.83. The number of hydrogen-bond acceptors (Lipinski definition) is 1. The molecule has 0 aromatic heterocycles. The van der Waals surface area contributed by atoms with Crippen LogP contribution in [0.2, 0.25) is 0 Å². The van der Waals surface area contributed by atoms with Crippen molar-refractivity contribution in [3.05, 3.63) is 42.5 Å². The molecule has 1 rings (SSSR count). The van der Waals surface area contributed by atoms with Crippen molar-refractivity contribution in [2.24, 2.45) is 5.73 Å². The van der Waals surface area contributed by atoms with E-state index in [1.807, 2.05) is 36.4 Å². The number of benzene rings is 1. The van der Waals surface area contributed by atoms with Crippen LogP contribution < -0.4 is 5.73 Å². The number of carbonyl (C=O) groups is 1. The Kier molecular flexibility index (Phi) is 5.35. The van der Waals surface area contributed by atoms with Gasteiger partial charge in [-0.1, -0.05) is 43.0 Å². The van der Waals surface area contributed by atoms with E-state index in [0.29, 0.717) is 0 Å². The smallest absolute Gasteiger partial charge is 0.214 e. The van der Waals surface area contributed by atoms with E-state index in [9.17, 15) is 4.79 Å². The first-order valence-electron chi connectivity index (χ1n) is 3.60. The molecule has 2 N–H and O–H groups in total. The largest absolute Gasteiger partial charge is 0.370 e. The molecule has 0 atom stereocenters. The molecule has 0 bridgehead atoms. The minimum atomic E-state index is -0.333. The average molecular weight is 163 g/mol. The lowest BCUT2D eigenvalue weighted by molar-refractivity contribution is -0.115. The molecule has 0 fully saturated rings. The van der Waals surface area contributed by atoms with E-state index in [-0.39, 0.29) is 5.91 Å². The lowest BCUT2D eigenvalue weighted by Gasteiger charge is -1.85. The SMILES string of the molecule is C=Cc1ccccc1.CC(N)=O. The number of hydrogen-bond donors (Lipinski definition) is 1. The van der Waals surface area contributed by atoms with Crippen LogP contribution in [-0.4, -0.2) is 5.91 Å². The van der Waals surface area contributed by atoms with Gasteiger partial charge in [-0.3, -0.25) is 4.79 Å². The van der Waals surface area contributed by atoms with Gasteiger partial charge in [0.05, 0.1) is 0 Å². The highest BCUT2D eigenvalue weighted by Gasteiger charge is 1.75. The summed E-state index contributed by atoms with van der Waals surface area (Å²) in [5.41, 5.74) is 5.65. The van der Waals surface area contributed by atoms with E-state index in [1.54, 1.807) is 0 Å². The molecule has 0 heterocycles.